The first-order valence-electron chi connectivity index (χ1n) is 13.2. The van der Waals surface area contributed by atoms with E-state index in [2.05, 4.69) is 16.5 Å². The summed E-state index contributed by atoms with van der Waals surface area (Å²) in [6.45, 7) is 3.53. The van der Waals surface area contributed by atoms with Crippen molar-refractivity contribution in [2.75, 3.05) is 6.61 Å². The van der Waals surface area contributed by atoms with Crippen molar-refractivity contribution in [3.63, 3.8) is 0 Å². The minimum absolute atomic E-state index is 0.0412. The van der Waals surface area contributed by atoms with Gasteiger partial charge in [0.2, 0.25) is 11.6 Å². The molecule has 0 aliphatic rings. The molecule has 0 unspecified atom stereocenters. The summed E-state index contributed by atoms with van der Waals surface area (Å²) in [6, 6.07) is 4.28. The number of alkyl halides is 6. The fraction of sp³-hybridized carbons (Fsp3) is 0.103. The molecule has 49 heavy (non-hydrogen) atoms. The molecule has 0 aliphatic heterocycles. The van der Waals surface area contributed by atoms with Gasteiger partial charge in [0.15, 0.2) is 0 Å². The third-order valence-electron chi connectivity index (χ3n) is 6.56. The molecule has 0 saturated carbocycles. The van der Waals surface area contributed by atoms with E-state index in [1.807, 2.05) is 0 Å². The Bertz CT molecular complexity index is 2360. The Balaban J connectivity index is 0.000000192. The Kier molecular flexibility index (Phi) is 9.22. The molecule has 4 heterocycles. The Labute approximate surface area is 276 Å². The zero-order valence-electron chi connectivity index (χ0n) is 23.9. The number of nitrogens with zero attached hydrogens (tertiary/aromatic N) is 6. The SMILES string of the molecule is C=CCOc1cc(-n2c(=O)cc(C(F)(F)F)n3ccnc23)c(F)cc1Cl.O=c1cc(C(F)(F)F)n2ccnc2n1-c1cc(O)c(Cl)cc1F. The summed E-state index contributed by atoms with van der Waals surface area (Å²) < 4.78 is 115. The van der Waals surface area contributed by atoms with Crippen LogP contribution in [0.5, 0.6) is 11.5 Å². The lowest BCUT2D eigenvalue weighted by Crippen LogP contribution is -2.26. The third kappa shape index (κ3) is 6.68. The van der Waals surface area contributed by atoms with Crippen LogP contribution in [0.3, 0.4) is 0 Å². The number of phenols is 1. The van der Waals surface area contributed by atoms with Gasteiger partial charge in [-0.3, -0.25) is 18.4 Å². The van der Waals surface area contributed by atoms with E-state index in [0.29, 0.717) is 30.1 Å². The average molecular weight is 735 g/mol. The molecule has 0 spiro atoms. The first-order valence-corrected chi connectivity index (χ1v) is 13.9. The van der Waals surface area contributed by atoms with Crippen molar-refractivity contribution >= 4 is 34.8 Å². The van der Waals surface area contributed by atoms with Crippen LogP contribution in [0, 0.1) is 11.6 Å². The number of hydrogen-bond donors (Lipinski definition) is 1. The number of imidazole rings is 2. The van der Waals surface area contributed by atoms with Crippen LogP contribution in [0.4, 0.5) is 35.1 Å². The van der Waals surface area contributed by atoms with Crippen molar-refractivity contribution in [2.24, 2.45) is 0 Å². The minimum Gasteiger partial charge on any atom is -0.506 e. The van der Waals surface area contributed by atoms with E-state index in [9.17, 15) is 49.8 Å². The number of ether oxygens (including phenoxy) is 1. The molecule has 0 atom stereocenters. The molecule has 0 saturated heterocycles. The smallest absolute Gasteiger partial charge is 0.432 e. The largest absolute Gasteiger partial charge is 0.506 e. The summed E-state index contributed by atoms with van der Waals surface area (Å²) in [5.74, 6) is -3.27. The summed E-state index contributed by atoms with van der Waals surface area (Å²) in [7, 11) is 0. The lowest BCUT2D eigenvalue weighted by Gasteiger charge is -2.15. The molecule has 0 fully saturated rings. The second-order valence-electron chi connectivity index (χ2n) is 9.69. The molecule has 0 bridgehead atoms. The van der Waals surface area contributed by atoms with Crippen molar-refractivity contribution in [3.8, 4) is 22.9 Å². The normalized spacial score (nSPS) is 11.9. The number of benzene rings is 2. The van der Waals surface area contributed by atoms with Gasteiger partial charge in [-0.2, -0.15) is 26.3 Å². The standard InChI is InChI=1S/C16H10ClF4N3O2.C13H6ClF4N3O2/c1-2-5-26-12-7-11(10(18)6-9(12)17)24-14(25)8-13(16(19,20)21)23-4-3-22-15(23)24;14-6-3-7(15)8(4-9(6)22)21-11(23)5-10(13(16,17)18)20-2-1-19-12(20)21/h2-4,6-8H,1,5H2;1-5,22H. The predicted octanol–water partition coefficient (Wildman–Crippen LogP) is 6.86. The van der Waals surface area contributed by atoms with Crippen molar-refractivity contribution in [2.45, 2.75) is 12.4 Å². The second kappa shape index (κ2) is 12.9. The zero-order valence-corrected chi connectivity index (χ0v) is 25.4. The summed E-state index contributed by atoms with van der Waals surface area (Å²) in [4.78, 5) is 31.8. The maximum Gasteiger partial charge on any atom is 0.432 e. The Morgan fingerprint density at radius 2 is 1.20 bits per heavy atom. The summed E-state index contributed by atoms with van der Waals surface area (Å²) in [6.07, 6.45) is -4.03. The molecule has 6 aromatic rings. The number of rotatable bonds is 5. The number of phenolic OH excluding ortho intramolecular Hbond substituents is 1. The Hall–Kier alpha value is -5.36. The summed E-state index contributed by atoms with van der Waals surface area (Å²) in [5, 5.41) is 9.20. The predicted molar refractivity (Wildman–Crippen MR) is 159 cm³/mol. The molecule has 6 rings (SSSR count). The van der Waals surface area contributed by atoms with E-state index in [4.69, 9.17) is 27.9 Å². The molecule has 20 heteroatoms. The topological polar surface area (TPSA) is 108 Å². The molecule has 0 radical (unpaired) electrons. The molecular weight excluding hydrogens is 719 g/mol. The number of hydrogen-bond acceptors (Lipinski definition) is 6. The lowest BCUT2D eigenvalue weighted by molar-refractivity contribution is -0.143. The van der Waals surface area contributed by atoms with Gasteiger partial charge in [-0.1, -0.05) is 35.9 Å². The van der Waals surface area contributed by atoms with Gasteiger partial charge >= 0.3 is 12.4 Å². The van der Waals surface area contributed by atoms with E-state index in [-0.39, 0.29) is 28.1 Å². The molecular formula is C29H16Cl2F8N6O4. The van der Waals surface area contributed by atoms with Gasteiger partial charge in [0.1, 0.15) is 41.1 Å². The van der Waals surface area contributed by atoms with Crippen LogP contribution < -0.4 is 15.9 Å². The number of halogens is 10. The van der Waals surface area contributed by atoms with Crippen molar-refractivity contribution in [3.05, 3.63) is 128 Å². The van der Waals surface area contributed by atoms with Gasteiger partial charge in [0.05, 0.1) is 21.4 Å². The van der Waals surface area contributed by atoms with Gasteiger partial charge in [-0.25, -0.2) is 27.9 Å². The van der Waals surface area contributed by atoms with Crippen molar-refractivity contribution in [1.29, 1.82) is 0 Å². The maximum absolute atomic E-state index is 14.4. The first-order chi connectivity index (χ1) is 22.9. The van der Waals surface area contributed by atoms with Crippen LogP contribution in [0.2, 0.25) is 10.0 Å². The van der Waals surface area contributed by atoms with Gasteiger partial charge in [-0.05, 0) is 12.1 Å². The van der Waals surface area contributed by atoms with Crippen LogP contribution in [0.1, 0.15) is 11.4 Å². The van der Waals surface area contributed by atoms with Crippen LogP contribution in [-0.4, -0.2) is 39.6 Å². The maximum atomic E-state index is 14.4. The van der Waals surface area contributed by atoms with E-state index in [0.717, 1.165) is 49.1 Å². The number of aromatic hydroxyl groups is 1. The van der Waals surface area contributed by atoms with E-state index in [1.165, 1.54) is 6.08 Å². The first kappa shape index (κ1) is 35.0. The van der Waals surface area contributed by atoms with Crippen molar-refractivity contribution < 1.29 is 45.0 Å². The van der Waals surface area contributed by atoms with Crippen LogP contribution in [0.15, 0.2) is 83.4 Å². The third-order valence-corrected chi connectivity index (χ3v) is 7.16. The zero-order chi connectivity index (χ0) is 36.0. The van der Waals surface area contributed by atoms with Crippen molar-refractivity contribution in [1.82, 2.24) is 27.9 Å². The van der Waals surface area contributed by atoms with Crippen LogP contribution >= 0.6 is 23.2 Å². The highest BCUT2D eigenvalue weighted by Gasteiger charge is 2.36. The molecule has 10 nitrogen and oxygen atoms in total. The average Bonchev–Trinajstić information content (AvgIpc) is 3.68. The minimum atomic E-state index is -4.79. The lowest BCUT2D eigenvalue weighted by atomic mass is 10.2. The van der Waals surface area contributed by atoms with E-state index < -0.39 is 69.5 Å². The molecule has 1 N–H and O–H groups in total. The number of aromatic nitrogens is 6. The van der Waals surface area contributed by atoms with Crippen LogP contribution in [0.25, 0.3) is 22.9 Å². The summed E-state index contributed by atoms with van der Waals surface area (Å²) >= 11 is 11.4. The Morgan fingerprint density at radius 1 is 0.755 bits per heavy atom. The van der Waals surface area contributed by atoms with Gasteiger partial charge in [0.25, 0.3) is 11.1 Å². The highest BCUT2D eigenvalue weighted by atomic mass is 35.5. The highest BCUT2D eigenvalue weighted by Crippen LogP contribution is 2.33. The van der Waals surface area contributed by atoms with Crippen LogP contribution in [-0.2, 0) is 12.4 Å². The van der Waals surface area contributed by atoms with E-state index >= 15 is 0 Å². The molecule has 2 aromatic carbocycles. The monoisotopic (exact) mass is 734 g/mol. The fourth-order valence-electron chi connectivity index (χ4n) is 4.53. The fourth-order valence-corrected chi connectivity index (χ4v) is 4.89. The molecule has 0 amide bonds. The second-order valence-corrected chi connectivity index (χ2v) is 10.5. The number of fused-ring (bicyclic) bond motifs is 2. The molecule has 4 aromatic heterocycles. The quantitative estimate of drug-likeness (QED) is 0.153. The highest BCUT2D eigenvalue weighted by molar-refractivity contribution is 6.32. The molecule has 0 aliphatic carbocycles. The Morgan fingerprint density at radius 3 is 1.65 bits per heavy atom. The molecule has 256 valence electrons. The van der Waals surface area contributed by atoms with E-state index in [1.54, 1.807) is 0 Å². The van der Waals surface area contributed by atoms with Gasteiger partial charge in [-0.15, -0.1) is 0 Å². The van der Waals surface area contributed by atoms with Gasteiger partial charge in [0, 0.05) is 49.1 Å². The van der Waals surface area contributed by atoms with Gasteiger partial charge < -0.3 is 9.84 Å². The summed E-state index contributed by atoms with van der Waals surface area (Å²) in [5.41, 5.74) is -5.54.